The van der Waals surface area contributed by atoms with Crippen molar-refractivity contribution in [3.05, 3.63) is 82.9 Å². The molecule has 0 fully saturated rings. The van der Waals surface area contributed by atoms with E-state index in [-0.39, 0.29) is 23.9 Å². The number of thiazole rings is 1. The second kappa shape index (κ2) is 14.6. The van der Waals surface area contributed by atoms with Crippen molar-refractivity contribution in [2.45, 2.75) is 44.9 Å². The molecule has 1 heterocycles. The quantitative estimate of drug-likeness (QED) is 0.0883. The number of carbonyl (C=O) groups excluding carboxylic acids is 3. The number of hydrogen-bond acceptors (Lipinski definition) is 10. The fourth-order valence-corrected chi connectivity index (χ4v) is 4.11. The van der Waals surface area contributed by atoms with Gasteiger partial charge in [-0.3, -0.25) is 4.79 Å². The van der Waals surface area contributed by atoms with Crippen molar-refractivity contribution in [2.75, 3.05) is 11.9 Å². The lowest BCUT2D eigenvalue weighted by molar-refractivity contribution is -0.150. The van der Waals surface area contributed by atoms with Crippen LogP contribution in [0.5, 0.6) is 0 Å². The van der Waals surface area contributed by atoms with E-state index in [0.717, 1.165) is 22.5 Å². The summed E-state index contributed by atoms with van der Waals surface area (Å²) in [4.78, 5) is 57.4. The summed E-state index contributed by atoms with van der Waals surface area (Å²) in [6.45, 7) is 4.78. The first-order chi connectivity index (χ1) is 19.6. The lowest BCUT2D eigenvalue weighted by Gasteiger charge is -2.25. The maximum absolute atomic E-state index is 13.4. The molecule has 0 aliphatic rings. The molecule has 0 saturated carbocycles. The molecule has 0 radical (unpaired) electrons. The number of aliphatic carboxylic acids is 1. The van der Waals surface area contributed by atoms with Crippen molar-refractivity contribution < 1.29 is 38.6 Å². The van der Waals surface area contributed by atoms with Gasteiger partial charge in [0, 0.05) is 11.8 Å². The van der Waals surface area contributed by atoms with Gasteiger partial charge in [-0.05, 0) is 31.9 Å². The van der Waals surface area contributed by atoms with Gasteiger partial charge in [-0.2, -0.15) is 0 Å². The van der Waals surface area contributed by atoms with Gasteiger partial charge in [0.1, 0.15) is 23.9 Å². The SMILES string of the molecule is CC(C)(C)OC(=O)NC(CCON=C(C(=O)O)c1csc(NC=O)n1)C(=O)OC(c1ccccc1)c1ccccc1. The van der Waals surface area contributed by atoms with E-state index in [4.69, 9.17) is 14.3 Å². The van der Waals surface area contributed by atoms with Crippen LogP contribution in [-0.2, 0) is 28.7 Å². The number of nitrogens with zero attached hydrogens (tertiary/aromatic N) is 2. The van der Waals surface area contributed by atoms with Gasteiger partial charge in [0.15, 0.2) is 11.2 Å². The topological polar surface area (TPSA) is 166 Å². The Balaban J connectivity index is 1.77. The molecule has 1 atom stereocenters. The van der Waals surface area contributed by atoms with Crippen LogP contribution in [0.25, 0.3) is 0 Å². The monoisotopic (exact) mass is 582 g/mol. The van der Waals surface area contributed by atoms with Gasteiger partial charge in [0.2, 0.25) is 12.1 Å². The van der Waals surface area contributed by atoms with E-state index in [1.807, 2.05) is 60.7 Å². The summed E-state index contributed by atoms with van der Waals surface area (Å²) in [5.74, 6) is -2.17. The average Bonchev–Trinajstić information content (AvgIpc) is 3.38. The van der Waals surface area contributed by atoms with Crippen LogP contribution in [0.4, 0.5) is 9.93 Å². The van der Waals surface area contributed by atoms with E-state index in [2.05, 4.69) is 20.8 Å². The van der Waals surface area contributed by atoms with Crippen molar-refractivity contribution in [3.8, 4) is 0 Å². The standard InChI is InChI=1S/C28H30N4O8S/c1-28(2,3)40-27(37)31-20(14-15-38-32-22(24(34)35)21-16-41-26(30-21)29-17-33)25(36)39-23(18-10-6-4-7-11-18)19-12-8-5-9-13-19/h4-13,16-17,20,23H,14-15H2,1-3H3,(H,31,37)(H,34,35)(H,29,30,33). The summed E-state index contributed by atoms with van der Waals surface area (Å²) in [5.41, 5.74) is 0.0941. The molecule has 0 spiro atoms. The van der Waals surface area contributed by atoms with E-state index in [1.54, 1.807) is 20.8 Å². The summed E-state index contributed by atoms with van der Waals surface area (Å²) in [6.07, 6.45) is -1.32. The molecule has 0 aliphatic carbocycles. The average molecular weight is 583 g/mol. The second-order valence-corrected chi connectivity index (χ2v) is 10.4. The maximum Gasteiger partial charge on any atom is 0.408 e. The normalized spacial score (nSPS) is 12.2. The maximum atomic E-state index is 13.4. The third-order valence-electron chi connectivity index (χ3n) is 5.20. The number of rotatable bonds is 13. The highest BCUT2D eigenvalue weighted by atomic mass is 32.1. The van der Waals surface area contributed by atoms with Crippen molar-refractivity contribution >= 4 is 46.6 Å². The van der Waals surface area contributed by atoms with Crippen LogP contribution in [0.1, 0.15) is 50.1 Å². The number of nitrogens with one attached hydrogen (secondary N) is 2. The molecule has 3 N–H and O–H groups in total. The fraction of sp³-hybridized carbons (Fsp3) is 0.286. The number of carbonyl (C=O) groups is 4. The van der Waals surface area contributed by atoms with E-state index in [1.165, 1.54) is 5.38 Å². The number of esters is 1. The highest BCUT2D eigenvalue weighted by Crippen LogP contribution is 2.26. The van der Waals surface area contributed by atoms with E-state index in [9.17, 15) is 24.3 Å². The van der Waals surface area contributed by atoms with Crippen molar-refractivity contribution in [1.29, 1.82) is 0 Å². The Hall–Kier alpha value is -4.78. The summed E-state index contributed by atoms with van der Waals surface area (Å²) < 4.78 is 11.2. The molecule has 3 aromatic rings. The van der Waals surface area contributed by atoms with Crippen molar-refractivity contribution in [1.82, 2.24) is 10.3 Å². The first kappa shape index (κ1) is 30.8. The Morgan fingerprint density at radius 1 is 1.05 bits per heavy atom. The van der Waals surface area contributed by atoms with Gasteiger partial charge in [-0.1, -0.05) is 65.8 Å². The first-order valence-corrected chi connectivity index (χ1v) is 13.3. The minimum Gasteiger partial charge on any atom is -0.476 e. The Kier molecular flexibility index (Phi) is 10.9. The molecule has 1 aromatic heterocycles. The number of amides is 2. The molecule has 0 saturated heterocycles. The molecule has 2 aromatic carbocycles. The highest BCUT2D eigenvalue weighted by molar-refractivity contribution is 7.14. The van der Waals surface area contributed by atoms with Gasteiger partial charge in [-0.25, -0.2) is 19.4 Å². The number of benzene rings is 2. The number of alkyl carbamates (subject to hydrolysis) is 1. The molecule has 0 aliphatic heterocycles. The molecule has 12 nitrogen and oxygen atoms in total. The van der Waals surface area contributed by atoms with E-state index < -0.39 is 41.5 Å². The first-order valence-electron chi connectivity index (χ1n) is 12.5. The summed E-state index contributed by atoms with van der Waals surface area (Å²) >= 11 is 1.01. The molecule has 2 amide bonds. The van der Waals surface area contributed by atoms with Crippen LogP contribution in [0, 0.1) is 0 Å². The Morgan fingerprint density at radius 3 is 2.20 bits per heavy atom. The van der Waals surface area contributed by atoms with Crippen LogP contribution in [-0.4, -0.2) is 58.5 Å². The van der Waals surface area contributed by atoms with Gasteiger partial charge in [-0.15, -0.1) is 11.3 Å². The largest absolute Gasteiger partial charge is 0.476 e. The number of aromatic nitrogens is 1. The number of ether oxygens (including phenoxy) is 2. The smallest absolute Gasteiger partial charge is 0.408 e. The third-order valence-corrected chi connectivity index (χ3v) is 5.97. The number of hydrogen-bond donors (Lipinski definition) is 3. The third kappa shape index (κ3) is 9.72. The number of carboxylic acid groups (broad SMARTS) is 1. The molecule has 13 heteroatoms. The van der Waals surface area contributed by atoms with Crippen LogP contribution < -0.4 is 10.6 Å². The van der Waals surface area contributed by atoms with Gasteiger partial charge >= 0.3 is 18.0 Å². The molecule has 3 rings (SSSR count). The summed E-state index contributed by atoms with van der Waals surface area (Å²) in [6, 6.07) is 17.0. The van der Waals surface area contributed by atoms with E-state index in [0.29, 0.717) is 6.41 Å². The predicted molar refractivity (Wildman–Crippen MR) is 151 cm³/mol. The van der Waals surface area contributed by atoms with Gasteiger partial charge < -0.3 is 30.1 Å². The Bertz CT molecular complexity index is 1320. The van der Waals surface area contributed by atoms with Crippen LogP contribution in [0.2, 0.25) is 0 Å². The van der Waals surface area contributed by atoms with Crippen LogP contribution in [0.3, 0.4) is 0 Å². The zero-order valence-electron chi connectivity index (χ0n) is 22.6. The number of carboxylic acids is 1. The predicted octanol–water partition coefficient (Wildman–Crippen LogP) is 4.13. The van der Waals surface area contributed by atoms with Crippen molar-refractivity contribution in [3.63, 3.8) is 0 Å². The zero-order chi connectivity index (χ0) is 29.8. The highest BCUT2D eigenvalue weighted by Gasteiger charge is 2.29. The van der Waals surface area contributed by atoms with Crippen molar-refractivity contribution in [2.24, 2.45) is 5.16 Å². The fourth-order valence-electron chi connectivity index (χ4n) is 3.46. The van der Waals surface area contributed by atoms with Crippen LogP contribution in [0.15, 0.2) is 71.2 Å². The minimum atomic E-state index is -1.41. The molecule has 0 bridgehead atoms. The number of anilines is 1. The molecular weight excluding hydrogens is 552 g/mol. The van der Waals surface area contributed by atoms with Gasteiger partial charge in [0.05, 0.1) is 0 Å². The van der Waals surface area contributed by atoms with Crippen LogP contribution >= 0.6 is 11.3 Å². The second-order valence-electron chi connectivity index (χ2n) is 9.50. The lowest BCUT2D eigenvalue weighted by atomic mass is 10.0. The summed E-state index contributed by atoms with van der Waals surface area (Å²) in [5, 5.41) is 19.6. The molecule has 1 unspecified atom stereocenters. The molecule has 41 heavy (non-hydrogen) atoms. The summed E-state index contributed by atoms with van der Waals surface area (Å²) in [7, 11) is 0. The minimum absolute atomic E-state index is 0.0248. The lowest BCUT2D eigenvalue weighted by Crippen LogP contribution is -2.45. The number of oxime groups is 1. The Labute approximate surface area is 240 Å². The molecular formula is C28H30N4O8S. The molecule has 216 valence electrons. The Morgan fingerprint density at radius 2 is 1.66 bits per heavy atom. The van der Waals surface area contributed by atoms with E-state index >= 15 is 0 Å². The zero-order valence-corrected chi connectivity index (χ0v) is 23.4. The van der Waals surface area contributed by atoms with Gasteiger partial charge in [0.25, 0.3) is 0 Å².